The van der Waals surface area contributed by atoms with E-state index in [0.29, 0.717) is 17.9 Å². The van der Waals surface area contributed by atoms with Gasteiger partial charge in [0.05, 0.1) is 0 Å². The number of carbonyl (C=O) groups excluding carboxylic acids is 2. The first-order valence-electron chi connectivity index (χ1n) is 7.86. The molecule has 2 rings (SSSR count). The zero-order valence-electron chi connectivity index (χ0n) is 14.4. The highest BCUT2D eigenvalue weighted by atomic mass is 19.3. The van der Waals surface area contributed by atoms with Crippen molar-refractivity contribution >= 4 is 11.7 Å². The molecule has 0 atom stereocenters. The Kier molecular flexibility index (Phi) is 6.66. The van der Waals surface area contributed by atoms with Crippen molar-refractivity contribution in [2.75, 3.05) is 13.7 Å². The van der Waals surface area contributed by atoms with E-state index >= 15 is 0 Å². The van der Waals surface area contributed by atoms with E-state index in [2.05, 4.69) is 4.74 Å². The van der Waals surface area contributed by atoms with Crippen molar-refractivity contribution in [2.45, 2.75) is 20.1 Å². The van der Waals surface area contributed by atoms with Gasteiger partial charge in [0.15, 0.2) is 12.4 Å². The molecule has 0 radical (unpaired) electrons. The maximum Gasteiger partial charge on any atom is 0.387 e. The zero-order valence-corrected chi connectivity index (χ0v) is 14.4. The molecule has 138 valence electrons. The quantitative estimate of drug-likeness (QED) is 0.674. The average molecular weight is 363 g/mol. The molecule has 26 heavy (non-hydrogen) atoms. The van der Waals surface area contributed by atoms with E-state index in [9.17, 15) is 18.4 Å². The maximum absolute atomic E-state index is 12.2. The first-order valence-corrected chi connectivity index (χ1v) is 7.86. The third kappa shape index (κ3) is 5.84. The van der Waals surface area contributed by atoms with Gasteiger partial charge in [-0.25, -0.2) is 0 Å². The minimum absolute atomic E-state index is 0.0615. The van der Waals surface area contributed by atoms with E-state index < -0.39 is 6.61 Å². The van der Waals surface area contributed by atoms with Gasteiger partial charge in [-0.15, -0.1) is 0 Å². The minimum atomic E-state index is -2.87. The van der Waals surface area contributed by atoms with E-state index in [1.54, 1.807) is 43.4 Å². The molecule has 0 aromatic heterocycles. The van der Waals surface area contributed by atoms with Gasteiger partial charge in [-0.3, -0.25) is 9.59 Å². The number of alkyl halides is 2. The summed E-state index contributed by atoms with van der Waals surface area (Å²) in [6.45, 7) is -1.30. The number of rotatable bonds is 8. The summed E-state index contributed by atoms with van der Waals surface area (Å²) in [5.74, 6) is 0.156. The predicted molar refractivity (Wildman–Crippen MR) is 91.5 cm³/mol. The molecule has 0 aliphatic carbocycles. The van der Waals surface area contributed by atoms with Gasteiger partial charge in [0.2, 0.25) is 0 Å². The summed E-state index contributed by atoms with van der Waals surface area (Å²) >= 11 is 0. The Morgan fingerprint density at radius 1 is 1.08 bits per heavy atom. The summed E-state index contributed by atoms with van der Waals surface area (Å²) in [6.07, 6.45) is 0. The van der Waals surface area contributed by atoms with Gasteiger partial charge in [0.1, 0.15) is 11.5 Å². The second kappa shape index (κ2) is 8.94. The molecule has 5 nitrogen and oxygen atoms in total. The van der Waals surface area contributed by atoms with E-state index in [1.807, 2.05) is 0 Å². The smallest absolute Gasteiger partial charge is 0.387 e. The highest BCUT2D eigenvalue weighted by Gasteiger charge is 2.11. The number of likely N-dealkylation sites (N-methyl/N-ethyl adjacent to an activating group) is 1. The number of carbonyl (C=O) groups is 2. The van der Waals surface area contributed by atoms with Crippen LogP contribution in [0, 0.1) is 0 Å². The van der Waals surface area contributed by atoms with Gasteiger partial charge in [-0.1, -0.05) is 24.3 Å². The van der Waals surface area contributed by atoms with Gasteiger partial charge < -0.3 is 14.4 Å². The zero-order chi connectivity index (χ0) is 19.1. The molecule has 0 saturated carbocycles. The SMILES string of the molecule is CC(=O)c1cccc(OCC(=O)N(C)Cc2ccc(OC(F)F)cc2)c1. The lowest BCUT2D eigenvalue weighted by atomic mass is 10.1. The van der Waals surface area contributed by atoms with Gasteiger partial charge >= 0.3 is 6.61 Å². The van der Waals surface area contributed by atoms with Crippen LogP contribution in [-0.4, -0.2) is 36.9 Å². The first kappa shape index (κ1) is 19.4. The Morgan fingerprint density at radius 3 is 2.38 bits per heavy atom. The molecule has 0 heterocycles. The molecule has 0 bridgehead atoms. The molecular formula is C19H19F2NO4. The topological polar surface area (TPSA) is 55.8 Å². The van der Waals surface area contributed by atoms with Crippen LogP contribution in [0.25, 0.3) is 0 Å². The number of halogens is 2. The predicted octanol–water partition coefficient (Wildman–Crippen LogP) is 3.53. The molecule has 2 aromatic rings. The van der Waals surface area contributed by atoms with E-state index in [4.69, 9.17) is 4.74 Å². The van der Waals surface area contributed by atoms with Crippen molar-refractivity contribution < 1.29 is 27.8 Å². The van der Waals surface area contributed by atoms with Crippen molar-refractivity contribution in [3.63, 3.8) is 0 Å². The van der Waals surface area contributed by atoms with Crippen LogP contribution in [0.4, 0.5) is 8.78 Å². The average Bonchev–Trinajstić information content (AvgIpc) is 2.61. The van der Waals surface area contributed by atoms with Gasteiger partial charge in [0.25, 0.3) is 5.91 Å². The summed E-state index contributed by atoms with van der Waals surface area (Å²) in [6, 6.07) is 12.7. The van der Waals surface area contributed by atoms with Crippen LogP contribution >= 0.6 is 0 Å². The molecular weight excluding hydrogens is 344 g/mol. The molecule has 0 aliphatic heterocycles. The fourth-order valence-corrected chi connectivity index (χ4v) is 2.20. The largest absolute Gasteiger partial charge is 0.484 e. The standard InChI is InChI=1S/C19H19F2NO4/c1-13(23)15-4-3-5-17(10-15)25-12-18(24)22(2)11-14-6-8-16(9-7-14)26-19(20)21/h3-10,19H,11-12H2,1-2H3. The number of amides is 1. The summed E-state index contributed by atoms with van der Waals surface area (Å²) in [4.78, 5) is 25.0. The second-order valence-corrected chi connectivity index (χ2v) is 5.64. The highest BCUT2D eigenvalue weighted by Crippen LogP contribution is 2.16. The Bertz CT molecular complexity index is 762. The summed E-state index contributed by atoms with van der Waals surface area (Å²) in [7, 11) is 1.61. The molecule has 0 spiro atoms. The van der Waals surface area contributed by atoms with Gasteiger partial charge in [0, 0.05) is 19.2 Å². The summed E-state index contributed by atoms with van der Waals surface area (Å²) in [5, 5.41) is 0. The minimum Gasteiger partial charge on any atom is -0.484 e. The maximum atomic E-state index is 12.2. The van der Waals surface area contributed by atoms with Crippen molar-refractivity contribution in [1.82, 2.24) is 4.90 Å². The van der Waals surface area contributed by atoms with Crippen LogP contribution in [0.1, 0.15) is 22.8 Å². The fraction of sp³-hybridized carbons (Fsp3) is 0.263. The summed E-state index contributed by atoms with van der Waals surface area (Å²) < 4.78 is 34.0. The molecule has 7 heteroatoms. The molecule has 0 aliphatic rings. The Balaban J connectivity index is 1.87. The number of nitrogens with zero attached hydrogens (tertiary/aromatic N) is 1. The Labute approximate surface area is 150 Å². The van der Waals surface area contributed by atoms with E-state index in [1.165, 1.54) is 24.0 Å². The molecule has 1 amide bonds. The van der Waals surface area contributed by atoms with E-state index in [-0.39, 0.29) is 24.0 Å². The number of ketones is 1. The van der Waals surface area contributed by atoms with Crippen LogP contribution in [0.5, 0.6) is 11.5 Å². The first-order chi connectivity index (χ1) is 12.3. The molecule has 2 aromatic carbocycles. The molecule has 0 unspecified atom stereocenters. The lowest BCUT2D eigenvalue weighted by Crippen LogP contribution is -2.30. The van der Waals surface area contributed by atoms with Crippen LogP contribution in [-0.2, 0) is 11.3 Å². The van der Waals surface area contributed by atoms with Crippen LogP contribution in [0.3, 0.4) is 0 Å². The van der Waals surface area contributed by atoms with E-state index in [0.717, 1.165) is 5.56 Å². The summed E-state index contributed by atoms with van der Waals surface area (Å²) in [5.41, 5.74) is 1.27. The van der Waals surface area contributed by atoms with Crippen molar-refractivity contribution in [1.29, 1.82) is 0 Å². The third-order valence-electron chi connectivity index (χ3n) is 3.60. The lowest BCUT2D eigenvalue weighted by Gasteiger charge is -2.18. The van der Waals surface area contributed by atoms with Crippen molar-refractivity contribution in [3.8, 4) is 11.5 Å². The number of ether oxygens (including phenoxy) is 2. The number of Topliss-reactive ketones (excluding diaryl/α,β-unsaturated/α-hetero) is 1. The van der Waals surface area contributed by atoms with Gasteiger partial charge in [-0.05, 0) is 36.8 Å². The Morgan fingerprint density at radius 2 is 1.77 bits per heavy atom. The van der Waals surface area contributed by atoms with Crippen molar-refractivity contribution in [2.24, 2.45) is 0 Å². The lowest BCUT2D eigenvalue weighted by molar-refractivity contribution is -0.132. The molecule has 0 fully saturated rings. The molecule has 0 N–H and O–H groups in total. The molecule has 0 saturated heterocycles. The monoisotopic (exact) mass is 363 g/mol. The van der Waals surface area contributed by atoms with Crippen molar-refractivity contribution in [3.05, 3.63) is 59.7 Å². The fourth-order valence-electron chi connectivity index (χ4n) is 2.20. The van der Waals surface area contributed by atoms with Crippen LogP contribution < -0.4 is 9.47 Å². The third-order valence-corrected chi connectivity index (χ3v) is 3.60. The normalized spacial score (nSPS) is 10.5. The van der Waals surface area contributed by atoms with Gasteiger partial charge in [-0.2, -0.15) is 8.78 Å². The highest BCUT2D eigenvalue weighted by molar-refractivity contribution is 5.94. The number of hydrogen-bond acceptors (Lipinski definition) is 4. The Hall–Kier alpha value is -2.96. The number of benzene rings is 2. The van der Waals surface area contributed by atoms with Crippen LogP contribution in [0.15, 0.2) is 48.5 Å². The second-order valence-electron chi connectivity index (χ2n) is 5.64. The number of hydrogen-bond donors (Lipinski definition) is 0. The van der Waals surface area contributed by atoms with Crippen LogP contribution in [0.2, 0.25) is 0 Å².